The van der Waals surface area contributed by atoms with E-state index in [0.717, 1.165) is 12.8 Å². The lowest BCUT2D eigenvalue weighted by atomic mass is 10.2. The summed E-state index contributed by atoms with van der Waals surface area (Å²) in [6.07, 6.45) is 6.11. The van der Waals surface area contributed by atoms with E-state index in [2.05, 4.69) is 10.3 Å². The first-order valence-corrected chi connectivity index (χ1v) is 7.88. The van der Waals surface area contributed by atoms with Crippen molar-refractivity contribution in [3.63, 3.8) is 0 Å². The van der Waals surface area contributed by atoms with Gasteiger partial charge in [0.25, 0.3) is 0 Å². The van der Waals surface area contributed by atoms with Crippen molar-refractivity contribution in [2.45, 2.75) is 31.8 Å². The molecule has 1 N–H and O–H groups in total. The van der Waals surface area contributed by atoms with Gasteiger partial charge in [0.05, 0.1) is 18.1 Å². The van der Waals surface area contributed by atoms with Crippen molar-refractivity contribution in [3.05, 3.63) is 46.6 Å². The van der Waals surface area contributed by atoms with Crippen molar-refractivity contribution in [1.82, 2.24) is 4.98 Å². The number of pyridine rings is 1. The summed E-state index contributed by atoms with van der Waals surface area (Å²) >= 11 is 0. The number of nitrogens with zero attached hydrogens (tertiary/aromatic N) is 2. The summed E-state index contributed by atoms with van der Waals surface area (Å²) < 4.78 is 11.4. The topological polar surface area (TPSA) is 86.5 Å². The average molecular weight is 329 g/mol. The van der Waals surface area contributed by atoms with E-state index in [1.54, 1.807) is 25.3 Å². The number of anilines is 2. The Balaban J connectivity index is 1.85. The number of nitrogens with one attached hydrogen (secondary N) is 1. The van der Waals surface area contributed by atoms with Crippen molar-refractivity contribution in [3.8, 4) is 11.5 Å². The summed E-state index contributed by atoms with van der Waals surface area (Å²) in [6, 6.07) is 8.29. The molecular formula is C17H19N3O4. The van der Waals surface area contributed by atoms with E-state index in [-0.39, 0.29) is 17.6 Å². The molecule has 0 aliphatic heterocycles. The highest BCUT2D eigenvalue weighted by Crippen LogP contribution is 2.35. The van der Waals surface area contributed by atoms with Crippen LogP contribution in [-0.2, 0) is 0 Å². The second-order valence-corrected chi connectivity index (χ2v) is 5.64. The van der Waals surface area contributed by atoms with Crippen LogP contribution in [0.5, 0.6) is 11.5 Å². The Morgan fingerprint density at radius 1 is 1.25 bits per heavy atom. The quantitative estimate of drug-likeness (QED) is 0.635. The van der Waals surface area contributed by atoms with Gasteiger partial charge in [0.1, 0.15) is 0 Å². The predicted octanol–water partition coefficient (Wildman–Crippen LogP) is 4.06. The van der Waals surface area contributed by atoms with Crippen LogP contribution in [0, 0.1) is 10.1 Å². The average Bonchev–Trinajstić information content (AvgIpc) is 3.08. The molecule has 7 nitrogen and oxygen atoms in total. The van der Waals surface area contributed by atoms with Crippen LogP contribution in [0.1, 0.15) is 25.7 Å². The van der Waals surface area contributed by atoms with E-state index in [9.17, 15) is 10.1 Å². The highest BCUT2D eigenvalue weighted by atomic mass is 16.6. The minimum Gasteiger partial charge on any atom is -0.493 e. The zero-order valence-corrected chi connectivity index (χ0v) is 13.4. The number of benzene rings is 1. The molecule has 3 rings (SSSR count). The highest BCUT2D eigenvalue weighted by molar-refractivity contribution is 5.67. The number of rotatable bonds is 6. The fourth-order valence-electron chi connectivity index (χ4n) is 2.81. The molecular weight excluding hydrogens is 310 g/mol. The molecule has 1 heterocycles. The molecule has 1 aliphatic carbocycles. The molecule has 0 bridgehead atoms. The summed E-state index contributed by atoms with van der Waals surface area (Å²) in [4.78, 5) is 14.7. The van der Waals surface area contributed by atoms with Gasteiger partial charge in [0.2, 0.25) is 5.82 Å². The predicted molar refractivity (Wildman–Crippen MR) is 90.1 cm³/mol. The van der Waals surface area contributed by atoms with Crippen molar-refractivity contribution in [2.24, 2.45) is 0 Å². The standard InChI is InChI=1S/C17H19N3O4/c1-23-15-9-8-12(11-16(15)24-13-5-2-3-6-13)19-17-14(20(21)22)7-4-10-18-17/h4,7-11,13H,2-3,5-6H2,1H3,(H,18,19). The largest absolute Gasteiger partial charge is 0.493 e. The Morgan fingerprint density at radius 2 is 2.04 bits per heavy atom. The molecule has 0 amide bonds. The van der Waals surface area contributed by atoms with E-state index in [4.69, 9.17) is 9.47 Å². The molecule has 1 aliphatic rings. The van der Waals surface area contributed by atoms with Crippen LogP contribution in [-0.4, -0.2) is 23.1 Å². The number of hydrogen-bond donors (Lipinski definition) is 1. The lowest BCUT2D eigenvalue weighted by molar-refractivity contribution is -0.384. The number of aromatic nitrogens is 1. The van der Waals surface area contributed by atoms with Crippen LogP contribution in [0.25, 0.3) is 0 Å². The molecule has 126 valence electrons. The summed E-state index contributed by atoms with van der Waals surface area (Å²) in [6.45, 7) is 0. The second-order valence-electron chi connectivity index (χ2n) is 5.64. The summed E-state index contributed by atoms with van der Waals surface area (Å²) in [7, 11) is 1.59. The molecule has 0 saturated heterocycles. The normalized spacial score (nSPS) is 14.4. The Labute approximate surface area is 139 Å². The van der Waals surface area contributed by atoms with Crippen LogP contribution in [0.4, 0.5) is 17.2 Å². The Morgan fingerprint density at radius 3 is 2.75 bits per heavy atom. The summed E-state index contributed by atoms with van der Waals surface area (Å²) in [5, 5.41) is 14.1. The van der Waals surface area contributed by atoms with Gasteiger partial charge in [0, 0.05) is 24.0 Å². The molecule has 7 heteroatoms. The molecule has 24 heavy (non-hydrogen) atoms. The molecule has 1 aromatic heterocycles. The molecule has 0 radical (unpaired) electrons. The first-order valence-electron chi connectivity index (χ1n) is 7.88. The third kappa shape index (κ3) is 3.56. The SMILES string of the molecule is COc1ccc(Nc2ncccc2[N+](=O)[O-])cc1OC1CCCC1. The zero-order chi connectivity index (χ0) is 16.9. The molecule has 0 atom stereocenters. The number of hydrogen-bond acceptors (Lipinski definition) is 6. The Hall–Kier alpha value is -2.83. The van der Waals surface area contributed by atoms with Gasteiger partial charge in [-0.2, -0.15) is 0 Å². The van der Waals surface area contributed by atoms with Gasteiger partial charge in [0.15, 0.2) is 11.5 Å². The Kier molecular flexibility index (Phi) is 4.79. The van der Waals surface area contributed by atoms with Gasteiger partial charge in [-0.15, -0.1) is 0 Å². The number of nitro groups is 1. The maximum atomic E-state index is 11.1. The van der Waals surface area contributed by atoms with Gasteiger partial charge in [-0.3, -0.25) is 10.1 Å². The lowest BCUT2D eigenvalue weighted by Crippen LogP contribution is -2.11. The molecule has 0 spiro atoms. The minimum absolute atomic E-state index is 0.0772. The van der Waals surface area contributed by atoms with Gasteiger partial charge in [-0.1, -0.05) is 0 Å². The fourth-order valence-corrected chi connectivity index (χ4v) is 2.81. The number of methoxy groups -OCH3 is 1. The van der Waals surface area contributed by atoms with Crippen LogP contribution >= 0.6 is 0 Å². The summed E-state index contributed by atoms with van der Waals surface area (Å²) in [5.41, 5.74) is 0.581. The molecule has 1 saturated carbocycles. The maximum absolute atomic E-state index is 11.1. The third-order valence-corrected chi connectivity index (χ3v) is 4.01. The van der Waals surface area contributed by atoms with Gasteiger partial charge >= 0.3 is 5.69 Å². The van der Waals surface area contributed by atoms with Gasteiger partial charge < -0.3 is 14.8 Å². The lowest BCUT2D eigenvalue weighted by Gasteiger charge is -2.17. The van der Waals surface area contributed by atoms with E-state index in [0.29, 0.717) is 17.2 Å². The zero-order valence-electron chi connectivity index (χ0n) is 13.4. The van der Waals surface area contributed by atoms with Crippen LogP contribution in [0.3, 0.4) is 0 Å². The van der Waals surface area contributed by atoms with E-state index >= 15 is 0 Å². The molecule has 0 unspecified atom stereocenters. The number of ether oxygens (including phenoxy) is 2. The Bertz CT molecular complexity index is 730. The van der Waals surface area contributed by atoms with Crippen LogP contribution in [0.15, 0.2) is 36.5 Å². The minimum atomic E-state index is -0.463. The first-order chi connectivity index (χ1) is 11.7. The smallest absolute Gasteiger partial charge is 0.311 e. The van der Waals surface area contributed by atoms with Gasteiger partial charge in [-0.05, 0) is 43.9 Å². The van der Waals surface area contributed by atoms with Crippen molar-refractivity contribution in [2.75, 3.05) is 12.4 Å². The maximum Gasteiger partial charge on any atom is 0.311 e. The second kappa shape index (κ2) is 7.16. The molecule has 2 aromatic rings. The van der Waals surface area contributed by atoms with Gasteiger partial charge in [-0.25, -0.2) is 4.98 Å². The monoisotopic (exact) mass is 329 g/mol. The van der Waals surface area contributed by atoms with Crippen molar-refractivity contribution >= 4 is 17.2 Å². The summed E-state index contributed by atoms with van der Waals surface area (Å²) in [5.74, 6) is 1.47. The third-order valence-electron chi connectivity index (χ3n) is 4.01. The van der Waals surface area contributed by atoms with E-state index < -0.39 is 4.92 Å². The van der Waals surface area contributed by atoms with E-state index in [1.165, 1.54) is 31.2 Å². The van der Waals surface area contributed by atoms with Crippen LogP contribution < -0.4 is 14.8 Å². The first kappa shape index (κ1) is 16.0. The van der Waals surface area contributed by atoms with E-state index in [1.807, 2.05) is 0 Å². The molecule has 1 fully saturated rings. The molecule has 1 aromatic carbocycles. The fraction of sp³-hybridized carbons (Fsp3) is 0.353. The highest BCUT2D eigenvalue weighted by Gasteiger charge is 2.19. The van der Waals surface area contributed by atoms with Crippen LogP contribution in [0.2, 0.25) is 0 Å². The van der Waals surface area contributed by atoms with Crippen molar-refractivity contribution < 1.29 is 14.4 Å². The van der Waals surface area contributed by atoms with Crippen molar-refractivity contribution in [1.29, 1.82) is 0 Å².